The van der Waals surface area contributed by atoms with Crippen molar-refractivity contribution in [1.82, 2.24) is 10.2 Å². The average molecular weight is 356 g/mol. The molecule has 0 unspecified atom stereocenters. The summed E-state index contributed by atoms with van der Waals surface area (Å²) in [6, 6.07) is 2.67. The summed E-state index contributed by atoms with van der Waals surface area (Å²) >= 11 is 3.20. The Morgan fingerprint density at radius 3 is 2.76 bits per heavy atom. The number of phenolic OH excluding ortho intramolecular Hbond substituents is 1. The molecule has 0 radical (unpaired) electrons. The fourth-order valence-corrected chi connectivity index (χ4v) is 3.05. The highest BCUT2D eigenvalue weighted by atomic mass is 79.9. The van der Waals surface area contributed by atoms with E-state index in [1.54, 1.807) is 6.08 Å². The van der Waals surface area contributed by atoms with Crippen molar-refractivity contribution in [1.29, 1.82) is 0 Å². The van der Waals surface area contributed by atoms with Crippen molar-refractivity contribution in [2.24, 2.45) is 0 Å². The van der Waals surface area contributed by atoms with Crippen LogP contribution in [-0.2, 0) is 0 Å². The molecule has 1 saturated heterocycles. The topological polar surface area (TPSA) is 78.6 Å². The van der Waals surface area contributed by atoms with Gasteiger partial charge < -0.3 is 10.4 Å². The number of nitro groups is 1. The zero-order valence-electron chi connectivity index (χ0n) is 11.6. The summed E-state index contributed by atoms with van der Waals surface area (Å²) in [5.74, 6) is 0.0611. The standard InChI is InChI=1S/C14H18BrN3O3/c1-2-3-13(17-6-4-16-5-7-17)11-8-10(18(20)21)9-12(15)14(11)19/h2,8-9,13,16,19H,1,3-7H2/t13-/m1/s1. The van der Waals surface area contributed by atoms with Gasteiger partial charge in [-0.15, -0.1) is 6.58 Å². The molecular weight excluding hydrogens is 338 g/mol. The molecule has 2 N–H and O–H groups in total. The van der Waals surface area contributed by atoms with E-state index in [2.05, 4.69) is 32.7 Å². The van der Waals surface area contributed by atoms with Gasteiger partial charge in [-0.05, 0) is 22.4 Å². The maximum atomic E-state index is 11.0. The third kappa shape index (κ3) is 3.61. The molecule has 0 aromatic heterocycles. The van der Waals surface area contributed by atoms with Gasteiger partial charge in [-0.2, -0.15) is 0 Å². The molecule has 0 bridgehead atoms. The van der Waals surface area contributed by atoms with Gasteiger partial charge in [0.1, 0.15) is 5.75 Å². The van der Waals surface area contributed by atoms with Crippen molar-refractivity contribution < 1.29 is 10.0 Å². The van der Waals surface area contributed by atoms with Gasteiger partial charge in [0.25, 0.3) is 5.69 Å². The van der Waals surface area contributed by atoms with E-state index in [4.69, 9.17) is 0 Å². The lowest BCUT2D eigenvalue weighted by molar-refractivity contribution is -0.385. The third-order valence-electron chi connectivity index (χ3n) is 3.63. The minimum Gasteiger partial charge on any atom is -0.506 e. The van der Waals surface area contributed by atoms with Gasteiger partial charge in [0.15, 0.2) is 0 Å². The lowest BCUT2D eigenvalue weighted by Crippen LogP contribution is -2.45. The molecule has 1 aromatic carbocycles. The second kappa shape index (κ2) is 7.02. The first kappa shape index (κ1) is 15.9. The van der Waals surface area contributed by atoms with Crippen molar-refractivity contribution in [3.05, 3.63) is 44.9 Å². The van der Waals surface area contributed by atoms with E-state index < -0.39 is 4.92 Å². The van der Waals surface area contributed by atoms with E-state index in [1.807, 2.05) is 0 Å². The summed E-state index contributed by atoms with van der Waals surface area (Å²) in [5.41, 5.74) is 0.539. The molecule has 0 amide bonds. The zero-order valence-corrected chi connectivity index (χ0v) is 13.2. The SMILES string of the molecule is C=CC[C@H](c1cc([N+](=O)[O-])cc(Br)c1O)N1CCNCC1. The van der Waals surface area contributed by atoms with Crippen molar-refractivity contribution in [2.75, 3.05) is 26.2 Å². The lowest BCUT2D eigenvalue weighted by Gasteiger charge is -2.35. The van der Waals surface area contributed by atoms with Crippen molar-refractivity contribution in [3.63, 3.8) is 0 Å². The third-order valence-corrected chi connectivity index (χ3v) is 4.23. The number of nitrogens with one attached hydrogen (secondary N) is 1. The summed E-state index contributed by atoms with van der Waals surface area (Å²) in [6.07, 6.45) is 2.40. The minimum absolute atomic E-state index is 0.0288. The smallest absolute Gasteiger partial charge is 0.271 e. The quantitative estimate of drug-likeness (QED) is 0.482. The normalized spacial score (nSPS) is 17.4. The molecule has 21 heavy (non-hydrogen) atoms. The lowest BCUT2D eigenvalue weighted by atomic mass is 9.99. The van der Waals surface area contributed by atoms with Crippen LogP contribution in [0.15, 0.2) is 29.3 Å². The average Bonchev–Trinajstić information content (AvgIpc) is 2.48. The Balaban J connectivity index is 2.42. The van der Waals surface area contributed by atoms with Crippen LogP contribution < -0.4 is 5.32 Å². The van der Waals surface area contributed by atoms with Crippen LogP contribution in [0.4, 0.5) is 5.69 Å². The number of phenols is 1. The van der Waals surface area contributed by atoms with E-state index in [9.17, 15) is 15.2 Å². The zero-order chi connectivity index (χ0) is 15.4. The van der Waals surface area contributed by atoms with Crippen LogP contribution in [0.3, 0.4) is 0 Å². The van der Waals surface area contributed by atoms with Gasteiger partial charge in [-0.1, -0.05) is 6.08 Å². The molecule has 1 atom stereocenters. The number of piperazine rings is 1. The van der Waals surface area contributed by atoms with Crippen LogP contribution in [0.1, 0.15) is 18.0 Å². The predicted molar refractivity (Wildman–Crippen MR) is 84.5 cm³/mol. The first-order valence-corrected chi connectivity index (χ1v) is 7.56. The largest absolute Gasteiger partial charge is 0.506 e. The molecule has 1 fully saturated rings. The highest BCUT2D eigenvalue weighted by molar-refractivity contribution is 9.10. The van der Waals surface area contributed by atoms with Crippen LogP contribution >= 0.6 is 15.9 Å². The summed E-state index contributed by atoms with van der Waals surface area (Å²) in [6.45, 7) is 7.16. The van der Waals surface area contributed by atoms with Crippen LogP contribution in [0.25, 0.3) is 0 Å². The first-order valence-electron chi connectivity index (χ1n) is 6.77. The van der Waals surface area contributed by atoms with Crippen LogP contribution in [0, 0.1) is 10.1 Å². The molecule has 1 aliphatic heterocycles. The molecule has 2 rings (SSSR count). The Morgan fingerprint density at radius 2 is 2.19 bits per heavy atom. The molecule has 0 saturated carbocycles. The van der Waals surface area contributed by atoms with E-state index in [1.165, 1.54) is 12.1 Å². The number of aromatic hydroxyl groups is 1. The fourth-order valence-electron chi connectivity index (χ4n) is 2.59. The number of nitro benzene ring substituents is 1. The number of non-ortho nitro benzene ring substituents is 1. The van der Waals surface area contributed by atoms with E-state index in [-0.39, 0.29) is 17.5 Å². The Labute approximate surface area is 131 Å². The van der Waals surface area contributed by atoms with Crippen LogP contribution in [0.2, 0.25) is 0 Å². The number of hydrogen-bond acceptors (Lipinski definition) is 5. The summed E-state index contributed by atoms with van der Waals surface area (Å²) in [5, 5.41) is 24.6. The summed E-state index contributed by atoms with van der Waals surface area (Å²) < 4.78 is 0.343. The van der Waals surface area contributed by atoms with Crippen LogP contribution in [0.5, 0.6) is 5.75 Å². The predicted octanol–water partition coefficient (Wildman–Crippen LogP) is 2.59. The van der Waals surface area contributed by atoms with E-state index in [0.29, 0.717) is 16.5 Å². The van der Waals surface area contributed by atoms with Gasteiger partial charge in [0.05, 0.1) is 9.40 Å². The molecule has 1 heterocycles. The Bertz CT molecular complexity index is 545. The molecule has 1 aromatic rings. The highest BCUT2D eigenvalue weighted by Gasteiger charge is 2.26. The maximum absolute atomic E-state index is 11.0. The molecule has 0 spiro atoms. The minimum atomic E-state index is -0.448. The second-order valence-electron chi connectivity index (χ2n) is 4.95. The highest BCUT2D eigenvalue weighted by Crippen LogP contribution is 2.39. The van der Waals surface area contributed by atoms with Crippen molar-refractivity contribution in [2.45, 2.75) is 12.5 Å². The van der Waals surface area contributed by atoms with E-state index >= 15 is 0 Å². The monoisotopic (exact) mass is 355 g/mol. The summed E-state index contributed by atoms with van der Waals surface area (Å²) in [7, 11) is 0. The maximum Gasteiger partial charge on any atom is 0.271 e. The molecular formula is C14H18BrN3O3. The van der Waals surface area contributed by atoms with E-state index in [0.717, 1.165) is 26.2 Å². The summed E-state index contributed by atoms with van der Waals surface area (Å²) in [4.78, 5) is 12.8. The Hall–Kier alpha value is -1.44. The van der Waals surface area contributed by atoms with Crippen molar-refractivity contribution in [3.8, 4) is 5.75 Å². The first-order chi connectivity index (χ1) is 10.0. The Kier molecular flexibility index (Phi) is 5.33. The molecule has 1 aliphatic rings. The fraction of sp³-hybridized carbons (Fsp3) is 0.429. The number of nitrogens with zero attached hydrogens (tertiary/aromatic N) is 2. The number of rotatable bonds is 5. The molecule has 6 nitrogen and oxygen atoms in total. The van der Waals surface area contributed by atoms with Gasteiger partial charge in [-0.25, -0.2) is 0 Å². The van der Waals surface area contributed by atoms with Crippen molar-refractivity contribution >= 4 is 21.6 Å². The molecule has 0 aliphatic carbocycles. The molecule has 114 valence electrons. The number of halogens is 1. The van der Waals surface area contributed by atoms with Gasteiger partial charge in [-0.3, -0.25) is 15.0 Å². The second-order valence-corrected chi connectivity index (χ2v) is 5.80. The van der Waals surface area contributed by atoms with Gasteiger partial charge in [0, 0.05) is 49.9 Å². The number of hydrogen-bond donors (Lipinski definition) is 2. The number of benzene rings is 1. The van der Waals surface area contributed by atoms with Gasteiger partial charge in [0.2, 0.25) is 0 Å². The van der Waals surface area contributed by atoms with Gasteiger partial charge >= 0.3 is 0 Å². The Morgan fingerprint density at radius 1 is 1.52 bits per heavy atom. The van der Waals surface area contributed by atoms with Crippen LogP contribution in [-0.4, -0.2) is 41.1 Å². The molecule has 7 heteroatoms.